The molecule has 0 spiro atoms. The molecule has 0 aliphatic heterocycles. The summed E-state index contributed by atoms with van der Waals surface area (Å²) in [4.78, 5) is 0. The molecule has 1 aromatic rings. The van der Waals surface area contributed by atoms with Crippen LogP contribution >= 0.6 is 0 Å². The van der Waals surface area contributed by atoms with Gasteiger partial charge in [-0.15, -0.1) is 0 Å². The smallest absolute Gasteiger partial charge is 0.122 e. The first-order valence-corrected chi connectivity index (χ1v) is 5.25. The van der Waals surface area contributed by atoms with Gasteiger partial charge in [-0.1, -0.05) is 0 Å². The fourth-order valence-electron chi connectivity index (χ4n) is 1.49. The first kappa shape index (κ1) is 9.74. The van der Waals surface area contributed by atoms with Crippen molar-refractivity contribution in [2.75, 3.05) is 13.7 Å². The van der Waals surface area contributed by atoms with Crippen molar-refractivity contribution >= 4 is 0 Å². The zero-order valence-corrected chi connectivity index (χ0v) is 8.70. The maximum absolute atomic E-state index is 5.58. The molecule has 14 heavy (non-hydrogen) atoms. The lowest BCUT2D eigenvalue weighted by Crippen LogP contribution is -2.05. The highest BCUT2D eigenvalue weighted by atomic mass is 16.5. The zero-order valence-electron chi connectivity index (χ0n) is 8.70. The van der Waals surface area contributed by atoms with E-state index in [0.717, 1.165) is 19.1 Å². The molecule has 0 unspecified atom stereocenters. The minimum absolute atomic E-state index is 0.695. The van der Waals surface area contributed by atoms with Gasteiger partial charge in [0.25, 0.3) is 0 Å². The second-order valence-electron chi connectivity index (χ2n) is 4.01. The first-order chi connectivity index (χ1) is 6.88. The molecular weight excluding hydrogens is 176 g/mol. The Morgan fingerprint density at radius 1 is 1.57 bits per heavy atom. The third-order valence-electron chi connectivity index (χ3n) is 2.48. The largest absolute Gasteiger partial charge is 0.361 e. The van der Waals surface area contributed by atoms with Gasteiger partial charge in [-0.25, -0.2) is 0 Å². The third-order valence-corrected chi connectivity index (χ3v) is 2.48. The quantitative estimate of drug-likeness (QED) is 0.744. The topological polar surface area (TPSA) is 26.2 Å². The number of aromatic nitrogens is 1. The van der Waals surface area contributed by atoms with Gasteiger partial charge < -0.3 is 14.6 Å². The van der Waals surface area contributed by atoms with Gasteiger partial charge in [-0.05, 0) is 37.4 Å². The Balaban J connectivity index is 1.71. The molecule has 1 saturated carbocycles. The summed E-state index contributed by atoms with van der Waals surface area (Å²) in [6.45, 7) is 2.55. The highest BCUT2D eigenvalue weighted by molar-refractivity contribution is 5.09. The fourth-order valence-corrected chi connectivity index (χ4v) is 1.49. The Morgan fingerprint density at radius 3 is 3.14 bits per heavy atom. The predicted molar refractivity (Wildman–Crippen MR) is 55.9 cm³/mol. The van der Waals surface area contributed by atoms with Crippen molar-refractivity contribution in [3.63, 3.8) is 0 Å². The Bertz CT molecular complexity index is 279. The number of nitrogens with zero attached hydrogens (tertiary/aromatic N) is 1. The van der Waals surface area contributed by atoms with Crippen molar-refractivity contribution in [1.82, 2.24) is 9.88 Å². The van der Waals surface area contributed by atoms with Gasteiger partial charge in [0.1, 0.15) is 6.73 Å². The molecule has 2 rings (SSSR count). The van der Waals surface area contributed by atoms with Crippen LogP contribution in [0.5, 0.6) is 0 Å². The molecule has 3 heteroatoms. The third kappa shape index (κ3) is 2.86. The standard InChI is InChI=1S/C11H18N2O/c1-12-6-11-4-5-13(7-11)9-14-8-10-2-3-10/h4-5,7,10,12H,2-3,6,8-9H2,1H3. The van der Waals surface area contributed by atoms with Gasteiger partial charge in [0.2, 0.25) is 0 Å². The van der Waals surface area contributed by atoms with E-state index in [4.69, 9.17) is 4.74 Å². The van der Waals surface area contributed by atoms with Crippen molar-refractivity contribution in [3.05, 3.63) is 24.0 Å². The Kier molecular flexibility index (Phi) is 3.22. The minimum Gasteiger partial charge on any atom is -0.361 e. The van der Waals surface area contributed by atoms with E-state index in [-0.39, 0.29) is 0 Å². The molecule has 0 aromatic carbocycles. The summed E-state index contributed by atoms with van der Waals surface area (Å²) in [6.07, 6.45) is 6.91. The van der Waals surface area contributed by atoms with Gasteiger partial charge >= 0.3 is 0 Å². The van der Waals surface area contributed by atoms with Gasteiger partial charge in [-0.3, -0.25) is 0 Å². The van der Waals surface area contributed by atoms with E-state index in [1.165, 1.54) is 18.4 Å². The van der Waals surface area contributed by atoms with Gasteiger partial charge in [0.05, 0.1) is 6.61 Å². The number of hydrogen-bond donors (Lipinski definition) is 1. The van der Waals surface area contributed by atoms with Gasteiger partial charge in [0, 0.05) is 18.9 Å². The van der Waals surface area contributed by atoms with E-state index in [1.54, 1.807) is 0 Å². The van der Waals surface area contributed by atoms with E-state index in [1.807, 2.05) is 7.05 Å². The molecule has 1 heterocycles. The Labute approximate surface area is 85.1 Å². The Morgan fingerprint density at radius 2 is 2.43 bits per heavy atom. The lowest BCUT2D eigenvalue weighted by atomic mass is 10.3. The van der Waals surface area contributed by atoms with Crippen LogP contribution in [0.4, 0.5) is 0 Å². The molecule has 0 atom stereocenters. The second kappa shape index (κ2) is 4.62. The number of ether oxygens (including phenoxy) is 1. The first-order valence-electron chi connectivity index (χ1n) is 5.25. The summed E-state index contributed by atoms with van der Waals surface area (Å²) < 4.78 is 7.67. The van der Waals surface area contributed by atoms with Crippen LogP contribution in [0.15, 0.2) is 18.5 Å². The molecule has 1 fully saturated rings. The number of hydrogen-bond acceptors (Lipinski definition) is 2. The van der Waals surface area contributed by atoms with Crippen molar-refractivity contribution in [2.24, 2.45) is 5.92 Å². The molecule has 1 aliphatic rings. The molecule has 0 saturated heterocycles. The van der Waals surface area contributed by atoms with Crippen LogP contribution in [0.3, 0.4) is 0 Å². The molecule has 3 nitrogen and oxygen atoms in total. The molecular formula is C11H18N2O. The fraction of sp³-hybridized carbons (Fsp3) is 0.636. The Hall–Kier alpha value is -0.800. The van der Waals surface area contributed by atoms with Gasteiger partial charge in [0.15, 0.2) is 0 Å². The summed E-state index contributed by atoms with van der Waals surface area (Å²) in [6, 6.07) is 2.12. The van der Waals surface area contributed by atoms with Crippen LogP contribution in [0.2, 0.25) is 0 Å². The maximum atomic E-state index is 5.58. The van der Waals surface area contributed by atoms with Crippen molar-refractivity contribution in [2.45, 2.75) is 26.1 Å². The SMILES string of the molecule is CNCc1ccn(COCC2CC2)c1. The molecule has 0 amide bonds. The summed E-state index contributed by atoms with van der Waals surface area (Å²) in [5, 5.41) is 3.13. The highest BCUT2D eigenvalue weighted by Gasteiger charge is 2.20. The van der Waals surface area contributed by atoms with E-state index in [2.05, 4.69) is 28.3 Å². The van der Waals surface area contributed by atoms with Crippen molar-refractivity contribution < 1.29 is 4.74 Å². The monoisotopic (exact) mass is 194 g/mol. The van der Waals surface area contributed by atoms with E-state index in [9.17, 15) is 0 Å². The van der Waals surface area contributed by atoms with Crippen LogP contribution in [-0.2, 0) is 18.0 Å². The van der Waals surface area contributed by atoms with Crippen LogP contribution in [0.1, 0.15) is 18.4 Å². The van der Waals surface area contributed by atoms with Crippen LogP contribution < -0.4 is 5.32 Å². The molecule has 0 bridgehead atoms. The molecule has 1 N–H and O–H groups in total. The molecule has 78 valence electrons. The van der Waals surface area contributed by atoms with Crippen LogP contribution in [0, 0.1) is 5.92 Å². The minimum atomic E-state index is 0.695. The molecule has 1 aromatic heterocycles. The van der Waals surface area contributed by atoms with Crippen molar-refractivity contribution in [3.8, 4) is 0 Å². The average molecular weight is 194 g/mol. The van der Waals surface area contributed by atoms with Crippen LogP contribution in [0.25, 0.3) is 0 Å². The van der Waals surface area contributed by atoms with E-state index >= 15 is 0 Å². The normalized spacial score (nSPS) is 16.1. The summed E-state index contributed by atoms with van der Waals surface area (Å²) in [5.41, 5.74) is 1.31. The zero-order chi connectivity index (χ0) is 9.80. The lowest BCUT2D eigenvalue weighted by molar-refractivity contribution is 0.0692. The second-order valence-corrected chi connectivity index (χ2v) is 4.01. The molecule has 1 aliphatic carbocycles. The lowest BCUT2D eigenvalue weighted by Gasteiger charge is -2.03. The maximum Gasteiger partial charge on any atom is 0.122 e. The number of nitrogens with one attached hydrogen (secondary N) is 1. The predicted octanol–water partition coefficient (Wildman–Crippen LogP) is 1.59. The van der Waals surface area contributed by atoms with Crippen LogP contribution in [-0.4, -0.2) is 18.2 Å². The summed E-state index contributed by atoms with van der Waals surface area (Å²) >= 11 is 0. The van der Waals surface area contributed by atoms with E-state index < -0.39 is 0 Å². The molecule has 0 radical (unpaired) electrons. The average Bonchev–Trinajstić information content (AvgIpc) is 2.88. The highest BCUT2D eigenvalue weighted by Crippen LogP contribution is 2.28. The summed E-state index contributed by atoms with van der Waals surface area (Å²) in [5.74, 6) is 0.849. The summed E-state index contributed by atoms with van der Waals surface area (Å²) in [7, 11) is 1.96. The van der Waals surface area contributed by atoms with E-state index in [0.29, 0.717) is 6.73 Å². The van der Waals surface area contributed by atoms with Gasteiger partial charge in [-0.2, -0.15) is 0 Å². The number of rotatable bonds is 6. The van der Waals surface area contributed by atoms with Crippen molar-refractivity contribution in [1.29, 1.82) is 0 Å².